The number of rotatable bonds is 3. The number of hydrogen-bond acceptors (Lipinski definition) is 1. The summed E-state index contributed by atoms with van der Waals surface area (Å²) in [6.07, 6.45) is -2.42. The van der Waals surface area contributed by atoms with Crippen molar-refractivity contribution >= 4 is 17.4 Å². The molecule has 0 aliphatic rings. The molecule has 0 bridgehead atoms. The Morgan fingerprint density at radius 2 is 2.13 bits per heavy atom. The van der Waals surface area contributed by atoms with E-state index in [1.54, 1.807) is 0 Å². The number of carbonyl (C=O) groups excluding carboxylic acids is 1. The second kappa shape index (κ2) is 4.10. The van der Waals surface area contributed by atoms with Gasteiger partial charge in [-0.3, -0.25) is 4.79 Å². The molecule has 0 saturated heterocycles. The highest BCUT2D eigenvalue weighted by molar-refractivity contribution is 6.29. The highest BCUT2D eigenvalue weighted by Crippen LogP contribution is 2.21. The average Bonchev–Trinajstić information content (AvgIpc) is 2.48. The van der Waals surface area contributed by atoms with Crippen LogP contribution < -0.4 is 0 Å². The van der Waals surface area contributed by atoms with Crippen molar-refractivity contribution in [2.45, 2.75) is 12.7 Å². The van der Waals surface area contributed by atoms with Crippen molar-refractivity contribution in [2.75, 3.05) is 0 Å². The number of Topliss-reactive ketones (excluding diaryl/α,β-unsaturated/α-hetero) is 1. The van der Waals surface area contributed by atoms with Gasteiger partial charge in [0.15, 0.2) is 0 Å². The van der Waals surface area contributed by atoms with Gasteiger partial charge in [-0.1, -0.05) is 18.2 Å². The second-order valence-electron chi connectivity index (χ2n) is 2.92. The maximum absolute atomic E-state index is 12.0. The predicted octanol–water partition coefficient (Wildman–Crippen LogP) is 2.99. The first-order valence-corrected chi connectivity index (χ1v) is 4.29. The van der Waals surface area contributed by atoms with Gasteiger partial charge in [0.05, 0.1) is 6.54 Å². The summed E-state index contributed by atoms with van der Waals surface area (Å²) in [4.78, 5) is 10.8. The lowest BCUT2D eigenvalue weighted by Crippen LogP contribution is -2.22. The topological polar surface area (TPSA) is 22.0 Å². The van der Waals surface area contributed by atoms with Crippen molar-refractivity contribution in [3.8, 4) is 0 Å². The van der Waals surface area contributed by atoms with Gasteiger partial charge >= 0.3 is 6.18 Å². The summed E-state index contributed by atoms with van der Waals surface area (Å²) in [6, 6.07) is 1.09. The van der Waals surface area contributed by atoms with Crippen molar-refractivity contribution in [1.29, 1.82) is 0 Å². The van der Waals surface area contributed by atoms with Gasteiger partial charge in [0, 0.05) is 23.0 Å². The Morgan fingerprint density at radius 3 is 2.60 bits per heavy atom. The van der Waals surface area contributed by atoms with E-state index in [4.69, 9.17) is 11.6 Å². The van der Waals surface area contributed by atoms with Crippen LogP contribution in [0.5, 0.6) is 0 Å². The summed E-state index contributed by atoms with van der Waals surface area (Å²) in [7, 11) is 0. The second-order valence-corrected chi connectivity index (χ2v) is 3.45. The lowest BCUT2D eigenvalue weighted by Gasteiger charge is -2.02. The van der Waals surface area contributed by atoms with Crippen LogP contribution in [0.15, 0.2) is 30.1 Å². The zero-order valence-corrected chi connectivity index (χ0v) is 8.27. The lowest BCUT2D eigenvalue weighted by atomic mass is 10.2. The number of alkyl halides is 3. The number of aromatic nitrogens is 1. The van der Waals surface area contributed by atoms with Gasteiger partial charge in [0.25, 0.3) is 5.78 Å². The molecule has 0 unspecified atom stereocenters. The van der Waals surface area contributed by atoms with Gasteiger partial charge in [0.2, 0.25) is 0 Å². The molecule has 2 nitrogen and oxygen atoms in total. The van der Waals surface area contributed by atoms with Crippen LogP contribution in [-0.4, -0.2) is 16.5 Å². The minimum atomic E-state index is -4.84. The van der Waals surface area contributed by atoms with Crippen LogP contribution in [0.3, 0.4) is 0 Å². The molecule has 1 rings (SSSR count). The third-order valence-corrected chi connectivity index (χ3v) is 1.74. The Hall–Kier alpha value is -1.23. The summed E-state index contributed by atoms with van der Waals surface area (Å²) >= 11 is 5.47. The minimum absolute atomic E-state index is 0.173. The summed E-state index contributed by atoms with van der Waals surface area (Å²) in [6.45, 7) is 3.56. The van der Waals surface area contributed by atoms with Crippen LogP contribution in [0.4, 0.5) is 13.2 Å². The van der Waals surface area contributed by atoms with Crippen molar-refractivity contribution in [3.63, 3.8) is 0 Å². The van der Waals surface area contributed by atoms with Crippen LogP contribution in [0.2, 0.25) is 0 Å². The molecule has 6 heteroatoms. The number of halogens is 4. The van der Waals surface area contributed by atoms with Gasteiger partial charge in [0.1, 0.15) is 0 Å². The molecule has 0 atom stereocenters. The van der Waals surface area contributed by atoms with E-state index in [-0.39, 0.29) is 11.6 Å². The van der Waals surface area contributed by atoms with E-state index in [9.17, 15) is 18.0 Å². The van der Waals surface area contributed by atoms with E-state index in [0.717, 1.165) is 12.3 Å². The van der Waals surface area contributed by atoms with Crippen molar-refractivity contribution in [1.82, 2.24) is 4.57 Å². The molecule has 0 aliphatic heterocycles. The van der Waals surface area contributed by atoms with Crippen molar-refractivity contribution < 1.29 is 18.0 Å². The Balaban J connectivity index is 2.85. The maximum Gasteiger partial charge on any atom is 0.454 e. The fraction of sp³-hybridized carbons (Fsp3) is 0.222. The first-order valence-electron chi connectivity index (χ1n) is 3.91. The molecule has 0 N–H and O–H groups in total. The third kappa shape index (κ3) is 3.13. The molecular formula is C9H7ClF3NO. The fourth-order valence-electron chi connectivity index (χ4n) is 1.04. The minimum Gasteiger partial charge on any atom is -0.348 e. The molecule has 0 amide bonds. The Morgan fingerprint density at radius 1 is 1.53 bits per heavy atom. The molecule has 0 aromatic carbocycles. The standard InChI is InChI=1S/C9H7ClF3NO/c1-6(10)4-14-3-2-7(5-14)8(15)9(11,12)13/h2-3,5H,1,4H2. The zero-order valence-electron chi connectivity index (χ0n) is 7.51. The molecule has 0 aliphatic carbocycles. The predicted molar refractivity (Wildman–Crippen MR) is 49.8 cm³/mol. The van der Waals surface area contributed by atoms with Crippen LogP contribution >= 0.6 is 11.6 Å². The number of nitrogens with zero attached hydrogens (tertiary/aromatic N) is 1. The Kier molecular flexibility index (Phi) is 3.24. The van der Waals surface area contributed by atoms with Gasteiger partial charge in [-0.15, -0.1) is 0 Å². The number of hydrogen-bond donors (Lipinski definition) is 0. The van der Waals surface area contributed by atoms with E-state index in [1.165, 1.54) is 10.8 Å². The number of carbonyl (C=O) groups is 1. The van der Waals surface area contributed by atoms with Gasteiger partial charge < -0.3 is 4.57 Å². The van der Waals surface area contributed by atoms with Gasteiger partial charge in [-0.25, -0.2) is 0 Å². The average molecular weight is 238 g/mol. The fourth-order valence-corrected chi connectivity index (χ4v) is 1.17. The highest BCUT2D eigenvalue weighted by Gasteiger charge is 2.39. The first-order chi connectivity index (χ1) is 6.80. The maximum atomic E-state index is 12.0. The van der Waals surface area contributed by atoms with E-state index in [2.05, 4.69) is 6.58 Å². The molecule has 0 saturated carbocycles. The third-order valence-electron chi connectivity index (χ3n) is 1.62. The van der Waals surface area contributed by atoms with Crippen LogP contribution in [0.25, 0.3) is 0 Å². The van der Waals surface area contributed by atoms with E-state index in [0.29, 0.717) is 0 Å². The number of ketones is 1. The molecule has 82 valence electrons. The molecule has 0 fully saturated rings. The van der Waals surface area contributed by atoms with Gasteiger partial charge in [-0.2, -0.15) is 13.2 Å². The largest absolute Gasteiger partial charge is 0.454 e. The Labute approximate surface area is 88.9 Å². The van der Waals surface area contributed by atoms with Crippen molar-refractivity contribution in [2.24, 2.45) is 0 Å². The van der Waals surface area contributed by atoms with Crippen LogP contribution in [0.1, 0.15) is 10.4 Å². The lowest BCUT2D eigenvalue weighted by molar-refractivity contribution is -0.0885. The molecule has 1 heterocycles. The summed E-state index contributed by atoms with van der Waals surface area (Å²) < 4.78 is 37.4. The monoisotopic (exact) mass is 237 g/mol. The van der Waals surface area contributed by atoms with Crippen molar-refractivity contribution in [3.05, 3.63) is 35.6 Å². The molecular weight excluding hydrogens is 231 g/mol. The zero-order chi connectivity index (χ0) is 11.6. The molecule has 0 radical (unpaired) electrons. The van der Waals surface area contributed by atoms with E-state index < -0.39 is 17.5 Å². The van der Waals surface area contributed by atoms with Gasteiger partial charge in [-0.05, 0) is 6.07 Å². The van der Waals surface area contributed by atoms with E-state index in [1.807, 2.05) is 0 Å². The molecule has 1 aromatic rings. The smallest absolute Gasteiger partial charge is 0.348 e. The SMILES string of the molecule is C=C(Cl)Cn1ccc(C(=O)C(F)(F)F)c1. The summed E-state index contributed by atoms with van der Waals surface area (Å²) in [5.41, 5.74) is -0.402. The van der Waals surface area contributed by atoms with Crippen LogP contribution in [0, 0.1) is 0 Å². The normalized spacial score (nSPS) is 11.5. The molecule has 15 heavy (non-hydrogen) atoms. The molecule has 1 aromatic heterocycles. The quantitative estimate of drug-likeness (QED) is 0.741. The van der Waals surface area contributed by atoms with E-state index >= 15 is 0 Å². The summed E-state index contributed by atoms with van der Waals surface area (Å²) in [5, 5.41) is 0.275. The highest BCUT2D eigenvalue weighted by atomic mass is 35.5. The first kappa shape index (κ1) is 11.8. The summed E-state index contributed by atoms with van der Waals surface area (Å²) in [5.74, 6) is -1.86. The number of allylic oxidation sites excluding steroid dienone is 1. The van der Waals surface area contributed by atoms with Crippen LogP contribution in [-0.2, 0) is 6.54 Å². The molecule has 0 spiro atoms. The Bertz CT molecular complexity index is 394.